The molecule has 0 radical (unpaired) electrons. The lowest BCUT2D eigenvalue weighted by Crippen LogP contribution is -2.53. The third-order valence-electron chi connectivity index (χ3n) is 13.3. The highest BCUT2D eigenvalue weighted by Crippen LogP contribution is 2.41. The van der Waals surface area contributed by atoms with Gasteiger partial charge < -0.3 is 24.2 Å². The Morgan fingerprint density at radius 3 is 2.19 bits per heavy atom. The molecule has 0 atom stereocenters. The molecule has 69 heavy (non-hydrogen) atoms. The number of rotatable bonds is 12. The van der Waals surface area contributed by atoms with Crippen molar-refractivity contribution in [3.63, 3.8) is 0 Å². The Bertz CT molecular complexity index is 2760. The molecular formula is C53H63FN8O7. The van der Waals surface area contributed by atoms with Crippen molar-refractivity contribution in [2.24, 2.45) is 0 Å². The van der Waals surface area contributed by atoms with Crippen molar-refractivity contribution < 1.29 is 33.0 Å². The Labute approximate surface area is 402 Å². The fourth-order valence-corrected chi connectivity index (χ4v) is 9.43. The first-order chi connectivity index (χ1) is 33.2. The molecule has 15 nitrogen and oxygen atoms in total. The number of piperazine rings is 1. The smallest absolute Gasteiger partial charge is 0.412 e. The summed E-state index contributed by atoms with van der Waals surface area (Å²) in [6.07, 6.45) is 11.5. The van der Waals surface area contributed by atoms with Gasteiger partial charge in [0, 0.05) is 81.0 Å². The Morgan fingerprint density at radius 1 is 0.841 bits per heavy atom. The molecule has 4 fully saturated rings. The molecule has 2 aromatic carbocycles. The van der Waals surface area contributed by atoms with Crippen LogP contribution in [0.5, 0.6) is 0 Å². The first-order valence-corrected chi connectivity index (χ1v) is 24.2. The quantitative estimate of drug-likeness (QED) is 0.182. The number of likely N-dealkylation sites (tertiary alicyclic amines) is 2. The molecule has 16 heteroatoms. The molecule has 364 valence electrons. The normalized spacial score (nSPS) is 18.1. The van der Waals surface area contributed by atoms with Gasteiger partial charge in [0.05, 0.1) is 35.7 Å². The van der Waals surface area contributed by atoms with Gasteiger partial charge in [-0.25, -0.2) is 19.3 Å². The molecule has 2 N–H and O–H groups in total. The zero-order chi connectivity index (χ0) is 48.8. The van der Waals surface area contributed by atoms with Gasteiger partial charge in [-0.3, -0.25) is 29.4 Å². The Morgan fingerprint density at radius 2 is 1.52 bits per heavy atom. The highest BCUT2D eigenvalue weighted by atomic mass is 19.1. The lowest BCUT2D eigenvalue weighted by Gasteiger charge is -2.38. The molecule has 0 unspecified atom stereocenters. The maximum Gasteiger partial charge on any atom is 0.412 e. The number of carbonyl (C=O) groups excluding carboxylic acids is 4. The third-order valence-corrected chi connectivity index (χ3v) is 13.3. The Hall–Kier alpha value is -6.52. The van der Waals surface area contributed by atoms with E-state index in [2.05, 4.69) is 44.1 Å². The van der Waals surface area contributed by atoms with E-state index in [9.17, 15) is 24.0 Å². The van der Waals surface area contributed by atoms with Crippen LogP contribution in [0, 0.1) is 5.82 Å². The van der Waals surface area contributed by atoms with E-state index in [0.29, 0.717) is 85.4 Å². The number of hydrogen-bond donors (Lipinski definition) is 2. The number of H-pyrrole nitrogens is 1. The molecule has 2 aromatic heterocycles. The molecule has 4 aliphatic rings. The number of carbonyl (C=O) groups is 4. The minimum absolute atomic E-state index is 0.00644. The molecule has 1 aliphatic carbocycles. The molecule has 3 aliphatic heterocycles. The van der Waals surface area contributed by atoms with Crippen LogP contribution in [0.3, 0.4) is 0 Å². The Balaban J connectivity index is 0.787. The molecule has 1 saturated carbocycles. The summed E-state index contributed by atoms with van der Waals surface area (Å²) in [4.78, 5) is 78.3. The first-order valence-electron chi connectivity index (χ1n) is 24.2. The van der Waals surface area contributed by atoms with E-state index >= 15 is 4.39 Å². The summed E-state index contributed by atoms with van der Waals surface area (Å²) in [5.74, 6) is -0.754. The van der Waals surface area contributed by atoms with Gasteiger partial charge in [0.2, 0.25) is 5.91 Å². The van der Waals surface area contributed by atoms with Crippen molar-refractivity contribution in [2.45, 2.75) is 96.4 Å². The molecule has 3 saturated heterocycles. The van der Waals surface area contributed by atoms with Gasteiger partial charge in [0.15, 0.2) is 5.69 Å². The second kappa shape index (κ2) is 21.4. The van der Waals surface area contributed by atoms with Crippen LogP contribution in [0.4, 0.5) is 14.9 Å². The highest BCUT2D eigenvalue weighted by Gasteiger charge is 2.33. The van der Waals surface area contributed by atoms with Gasteiger partial charge in [-0.05, 0) is 113 Å². The summed E-state index contributed by atoms with van der Waals surface area (Å²) < 4.78 is 27.2. The van der Waals surface area contributed by atoms with E-state index in [-0.39, 0.29) is 66.9 Å². The third kappa shape index (κ3) is 12.2. The number of aromatic amines is 1. The summed E-state index contributed by atoms with van der Waals surface area (Å²) in [7, 11) is 0. The molecule has 4 aromatic rings. The van der Waals surface area contributed by atoms with E-state index in [0.717, 1.165) is 24.0 Å². The van der Waals surface area contributed by atoms with Crippen LogP contribution in [0.1, 0.15) is 110 Å². The van der Waals surface area contributed by atoms with Crippen LogP contribution in [-0.4, -0.2) is 135 Å². The molecule has 4 amide bonds. The van der Waals surface area contributed by atoms with Crippen LogP contribution in [0.2, 0.25) is 0 Å². The zero-order valence-corrected chi connectivity index (χ0v) is 40.1. The summed E-state index contributed by atoms with van der Waals surface area (Å²) in [6, 6.07) is 14.6. The second-order valence-corrected chi connectivity index (χ2v) is 19.4. The van der Waals surface area contributed by atoms with Crippen molar-refractivity contribution in [3.05, 3.63) is 122 Å². The number of nitrogens with one attached hydrogen (secondary N) is 2. The number of hydrogen-bond acceptors (Lipinski definition) is 10. The van der Waals surface area contributed by atoms with Crippen LogP contribution < -0.4 is 21.3 Å². The zero-order valence-electron chi connectivity index (χ0n) is 40.1. The fourth-order valence-electron chi connectivity index (χ4n) is 9.43. The van der Waals surface area contributed by atoms with Gasteiger partial charge in [-0.15, -0.1) is 0 Å². The number of pyridine rings is 1. The lowest BCUT2D eigenvalue weighted by atomic mass is 10.0. The van der Waals surface area contributed by atoms with Crippen LogP contribution >= 0.6 is 0 Å². The lowest BCUT2D eigenvalue weighted by molar-refractivity contribution is -0.135. The number of ether oxygens (including phenoxy) is 2. The predicted octanol–water partition coefficient (Wildman–Crippen LogP) is 5.62. The summed E-state index contributed by atoms with van der Waals surface area (Å²) >= 11 is 0. The topological polar surface area (TPSA) is 170 Å². The van der Waals surface area contributed by atoms with Crippen molar-refractivity contribution in [3.8, 4) is 11.1 Å². The van der Waals surface area contributed by atoms with Gasteiger partial charge in [-0.2, -0.15) is 5.10 Å². The van der Waals surface area contributed by atoms with Gasteiger partial charge in [0.1, 0.15) is 11.4 Å². The number of allylic oxidation sites excluding steroid dienone is 1. The van der Waals surface area contributed by atoms with Gasteiger partial charge in [-0.1, -0.05) is 49.1 Å². The summed E-state index contributed by atoms with van der Waals surface area (Å²) in [5, 5.41) is 10.6. The number of nitrogens with zero attached hydrogens (tertiary/aromatic N) is 6. The van der Waals surface area contributed by atoms with E-state index in [4.69, 9.17) is 9.47 Å². The summed E-state index contributed by atoms with van der Waals surface area (Å²) in [6.45, 7) is 14.8. The largest absolute Gasteiger partial charge is 0.444 e. The first kappa shape index (κ1) is 48.9. The Kier molecular flexibility index (Phi) is 15.2. The summed E-state index contributed by atoms with van der Waals surface area (Å²) in [5.41, 5.74) is 3.66. The predicted molar refractivity (Wildman–Crippen MR) is 262 cm³/mol. The minimum Gasteiger partial charge on any atom is -0.444 e. The van der Waals surface area contributed by atoms with E-state index in [1.807, 2.05) is 19.1 Å². The van der Waals surface area contributed by atoms with E-state index in [1.54, 1.807) is 66.0 Å². The number of anilines is 1. The van der Waals surface area contributed by atoms with Crippen LogP contribution in [0.15, 0.2) is 72.2 Å². The van der Waals surface area contributed by atoms with Crippen LogP contribution in [-0.2, 0) is 20.7 Å². The average molecular weight is 943 g/mol. The second-order valence-electron chi connectivity index (χ2n) is 19.4. The minimum atomic E-state index is -0.723. The van der Waals surface area contributed by atoms with E-state index in [1.165, 1.54) is 36.6 Å². The molecule has 5 heterocycles. The number of piperidine rings is 2. The van der Waals surface area contributed by atoms with E-state index < -0.39 is 23.4 Å². The van der Waals surface area contributed by atoms with Crippen molar-refractivity contribution in [2.75, 3.05) is 64.2 Å². The maximum atomic E-state index is 15.1. The maximum absolute atomic E-state index is 15.1. The molecule has 0 bridgehead atoms. The number of amides is 4. The van der Waals surface area contributed by atoms with Crippen molar-refractivity contribution in [1.82, 2.24) is 34.8 Å². The van der Waals surface area contributed by atoms with Crippen LogP contribution in [0.25, 0.3) is 23.3 Å². The SMILES string of the molecule is C=C/C=c1/c(=O)[nH]nc(Cc2ccc(F)c(C(=O)N3CCN(C(=O)CN4CCC(OC5CCN(C(=O)c6ncc(-c7cccc(C8CC8)c7)cc6NC(=O)OC(C)(C)C)CC5)CC4)CC3)c2)/c1=C/C. The van der Waals surface area contributed by atoms with Gasteiger partial charge >= 0.3 is 6.09 Å². The van der Waals surface area contributed by atoms with Crippen molar-refractivity contribution >= 4 is 41.7 Å². The standard InChI is InChI=1S/C53H63FN8O7/c1-6-9-42-41(7-2)45(57-58-49(42)64)29-34-12-15-44(54)43(28-34)50(65)62-26-24-60(25-27-62)47(63)33-59-20-16-39(17-21-59)68-40-18-22-61(23-19-40)51(66)48-46(56-52(67)69-53(3,4)5)31-38(32-55-48)37-11-8-10-36(30-37)35-13-14-35/h6-12,15,28,30-32,35,39-40H,1,13-14,16-27,29,33H2,2-5H3,(H,56,67)(H,58,64)/b41-7+,42-9+. The highest BCUT2D eigenvalue weighted by molar-refractivity contribution is 6.02. The average Bonchev–Trinajstić information content (AvgIpc) is 4.20. The molecular weight excluding hydrogens is 880 g/mol. The molecule has 8 rings (SSSR count). The monoisotopic (exact) mass is 942 g/mol. The fraction of sp³-hybridized carbons (Fsp3) is 0.453. The number of halogens is 1. The van der Waals surface area contributed by atoms with Crippen molar-refractivity contribution in [1.29, 1.82) is 0 Å². The van der Waals surface area contributed by atoms with Gasteiger partial charge in [0.25, 0.3) is 17.4 Å². The molecule has 0 spiro atoms. The number of aromatic nitrogens is 3. The number of benzene rings is 2.